The maximum absolute atomic E-state index is 13.4. The van der Waals surface area contributed by atoms with Crippen LogP contribution in [-0.4, -0.2) is 7.69 Å². The number of rotatable bonds is 4. The Kier molecular flexibility index (Phi) is 4.50. The SMILES string of the molecule is Fc1c(Cl)cccc1O[B]Oc1cccc(Cl)c1F. The van der Waals surface area contributed by atoms with Gasteiger partial charge in [0.05, 0.1) is 10.0 Å². The van der Waals surface area contributed by atoms with E-state index in [2.05, 4.69) is 0 Å². The summed E-state index contributed by atoms with van der Waals surface area (Å²) in [5, 5.41) is -0.167. The molecule has 0 aliphatic rings. The fraction of sp³-hybridized carbons (Fsp3) is 0. The second-order valence-electron chi connectivity index (χ2n) is 3.44. The molecule has 0 amide bonds. The average Bonchev–Trinajstić information content (AvgIpc) is 2.39. The molecule has 0 bridgehead atoms. The van der Waals surface area contributed by atoms with Crippen molar-refractivity contribution in [3.63, 3.8) is 0 Å². The molecule has 0 atom stereocenters. The second-order valence-corrected chi connectivity index (χ2v) is 4.25. The lowest BCUT2D eigenvalue weighted by Crippen LogP contribution is -2.12. The van der Waals surface area contributed by atoms with E-state index < -0.39 is 11.6 Å². The van der Waals surface area contributed by atoms with Crippen LogP contribution in [0.4, 0.5) is 8.78 Å². The molecule has 0 N–H and O–H groups in total. The highest BCUT2D eigenvalue weighted by atomic mass is 35.5. The summed E-state index contributed by atoms with van der Waals surface area (Å²) in [5.74, 6) is -1.71. The molecule has 0 unspecified atom stereocenters. The molecule has 0 aromatic heterocycles. The molecule has 2 nitrogen and oxygen atoms in total. The number of hydrogen-bond donors (Lipinski definition) is 0. The molecule has 1 radical (unpaired) electrons. The van der Waals surface area contributed by atoms with Crippen molar-refractivity contribution in [1.82, 2.24) is 0 Å². The van der Waals surface area contributed by atoms with Crippen molar-refractivity contribution in [2.75, 3.05) is 0 Å². The predicted octanol–water partition coefficient (Wildman–Crippen LogP) is 4.26. The summed E-state index contributed by atoms with van der Waals surface area (Å²) in [6.07, 6.45) is 0. The molecular weight excluding hydrogens is 296 g/mol. The Labute approximate surface area is 119 Å². The van der Waals surface area contributed by atoms with Crippen LogP contribution in [0.2, 0.25) is 10.0 Å². The smallest absolute Gasteiger partial charge is 0.524 e. The molecule has 2 aromatic rings. The molecule has 0 saturated heterocycles. The maximum atomic E-state index is 13.4. The van der Waals surface area contributed by atoms with Gasteiger partial charge in [0.15, 0.2) is 11.6 Å². The van der Waals surface area contributed by atoms with Gasteiger partial charge in [-0.15, -0.1) is 0 Å². The monoisotopic (exact) mass is 301 g/mol. The Hall–Kier alpha value is -1.46. The lowest BCUT2D eigenvalue weighted by atomic mass is 10.3. The minimum atomic E-state index is -0.726. The topological polar surface area (TPSA) is 18.5 Å². The first-order chi connectivity index (χ1) is 9.09. The highest BCUT2D eigenvalue weighted by Gasteiger charge is 2.12. The van der Waals surface area contributed by atoms with Gasteiger partial charge in [-0.05, 0) is 24.3 Å². The van der Waals surface area contributed by atoms with E-state index >= 15 is 0 Å². The van der Waals surface area contributed by atoms with Crippen molar-refractivity contribution < 1.29 is 18.1 Å². The lowest BCUT2D eigenvalue weighted by molar-refractivity contribution is 0.421. The Balaban J connectivity index is 2.00. The quantitative estimate of drug-likeness (QED) is 0.786. The molecule has 2 rings (SSSR count). The fourth-order valence-corrected chi connectivity index (χ4v) is 1.61. The number of halogens is 4. The van der Waals surface area contributed by atoms with Crippen molar-refractivity contribution in [2.45, 2.75) is 0 Å². The highest BCUT2D eigenvalue weighted by Crippen LogP contribution is 2.25. The Bertz CT molecular complexity index is 544. The van der Waals surface area contributed by atoms with Crippen molar-refractivity contribution in [3.8, 4) is 11.5 Å². The molecule has 19 heavy (non-hydrogen) atoms. The lowest BCUT2D eigenvalue weighted by Gasteiger charge is -2.08. The van der Waals surface area contributed by atoms with Crippen LogP contribution in [0.3, 0.4) is 0 Å². The van der Waals surface area contributed by atoms with E-state index in [0.717, 1.165) is 7.69 Å². The third-order valence-corrected chi connectivity index (χ3v) is 2.77. The zero-order valence-electron chi connectivity index (χ0n) is 9.37. The van der Waals surface area contributed by atoms with E-state index in [9.17, 15) is 8.78 Å². The van der Waals surface area contributed by atoms with Crippen LogP contribution in [0.5, 0.6) is 11.5 Å². The van der Waals surface area contributed by atoms with Gasteiger partial charge in [-0.2, -0.15) is 0 Å². The van der Waals surface area contributed by atoms with Gasteiger partial charge in [-0.25, -0.2) is 8.78 Å². The third-order valence-electron chi connectivity index (χ3n) is 2.18. The average molecular weight is 302 g/mol. The summed E-state index contributed by atoms with van der Waals surface area (Å²) in [4.78, 5) is 0. The molecule has 0 saturated carbocycles. The molecule has 2 aromatic carbocycles. The summed E-state index contributed by atoms with van der Waals surface area (Å²) < 4.78 is 36.7. The van der Waals surface area contributed by atoms with Crippen LogP contribution in [0, 0.1) is 11.6 Å². The van der Waals surface area contributed by atoms with E-state index in [1.165, 1.54) is 36.4 Å². The van der Waals surface area contributed by atoms with Crippen LogP contribution in [0.1, 0.15) is 0 Å². The van der Waals surface area contributed by atoms with E-state index in [4.69, 9.17) is 32.5 Å². The molecular formula is C12H6BCl2F2O2. The van der Waals surface area contributed by atoms with Crippen molar-refractivity contribution in [2.24, 2.45) is 0 Å². The van der Waals surface area contributed by atoms with Gasteiger partial charge in [0.1, 0.15) is 11.5 Å². The van der Waals surface area contributed by atoms with Gasteiger partial charge in [-0.3, -0.25) is 0 Å². The van der Waals surface area contributed by atoms with Gasteiger partial charge in [0.25, 0.3) is 0 Å². The minimum absolute atomic E-state index is 0.0835. The largest absolute Gasteiger partial charge is 0.658 e. The van der Waals surface area contributed by atoms with E-state index in [1.807, 2.05) is 0 Å². The minimum Gasteiger partial charge on any atom is -0.524 e. The van der Waals surface area contributed by atoms with Crippen LogP contribution in [0.15, 0.2) is 36.4 Å². The molecule has 0 heterocycles. The zero-order valence-corrected chi connectivity index (χ0v) is 10.9. The maximum Gasteiger partial charge on any atom is 0.658 e. The molecule has 0 fully saturated rings. The third kappa shape index (κ3) is 3.30. The molecule has 0 spiro atoms. The van der Waals surface area contributed by atoms with Gasteiger partial charge in [0.2, 0.25) is 0 Å². The van der Waals surface area contributed by atoms with Gasteiger partial charge < -0.3 is 9.31 Å². The standard InChI is InChI=1S/C12H6BCl2F2O2/c14-7-3-1-5-9(11(7)16)18-13-19-10-6-2-4-8(15)12(10)17/h1-6H. The summed E-state index contributed by atoms with van der Waals surface area (Å²) in [5.41, 5.74) is 0. The van der Waals surface area contributed by atoms with Gasteiger partial charge >= 0.3 is 7.69 Å². The summed E-state index contributed by atoms with van der Waals surface area (Å²) in [6, 6.07) is 8.48. The fourth-order valence-electron chi connectivity index (χ4n) is 1.28. The van der Waals surface area contributed by atoms with Crippen LogP contribution in [-0.2, 0) is 0 Å². The normalized spacial score (nSPS) is 10.1. The first-order valence-corrected chi connectivity index (χ1v) is 5.88. The number of benzene rings is 2. The van der Waals surface area contributed by atoms with Crippen molar-refractivity contribution in [1.29, 1.82) is 0 Å². The van der Waals surface area contributed by atoms with Crippen LogP contribution in [0.25, 0.3) is 0 Å². The molecule has 7 heteroatoms. The first kappa shape index (κ1) is 14.0. The first-order valence-electron chi connectivity index (χ1n) is 5.12. The molecule has 0 aliphatic heterocycles. The highest BCUT2D eigenvalue weighted by molar-refractivity contribution is 6.31. The molecule has 97 valence electrons. The summed E-state index contributed by atoms with van der Waals surface area (Å²) in [7, 11) is 0.795. The zero-order chi connectivity index (χ0) is 13.8. The van der Waals surface area contributed by atoms with Crippen molar-refractivity contribution >= 4 is 30.9 Å². The Morgan fingerprint density at radius 3 is 1.63 bits per heavy atom. The van der Waals surface area contributed by atoms with Gasteiger partial charge in [0, 0.05) is 0 Å². The summed E-state index contributed by atoms with van der Waals surface area (Å²) in [6.45, 7) is 0. The van der Waals surface area contributed by atoms with E-state index in [-0.39, 0.29) is 21.5 Å². The van der Waals surface area contributed by atoms with E-state index in [1.54, 1.807) is 0 Å². The van der Waals surface area contributed by atoms with Gasteiger partial charge in [-0.1, -0.05) is 35.3 Å². The Morgan fingerprint density at radius 1 is 0.789 bits per heavy atom. The number of hydrogen-bond acceptors (Lipinski definition) is 2. The molecule has 0 aliphatic carbocycles. The van der Waals surface area contributed by atoms with Crippen LogP contribution >= 0.6 is 23.2 Å². The second kappa shape index (κ2) is 6.13. The summed E-state index contributed by atoms with van der Waals surface area (Å²) >= 11 is 11.1. The van der Waals surface area contributed by atoms with E-state index in [0.29, 0.717) is 0 Å². The van der Waals surface area contributed by atoms with Crippen LogP contribution < -0.4 is 9.31 Å². The predicted molar refractivity (Wildman–Crippen MR) is 69.8 cm³/mol. The van der Waals surface area contributed by atoms with Crippen molar-refractivity contribution in [3.05, 3.63) is 58.1 Å². The Morgan fingerprint density at radius 2 is 1.21 bits per heavy atom.